The maximum Gasteiger partial charge on any atom is 0.343 e. The third-order valence-electron chi connectivity index (χ3n) is 16.3. The number of carbonyl (C=O) groups excluding carboxylic acids is 6. The number of hydrogen-bond acceptors (Lipinski definition) is 18. The van der Waals surface area contributed by atoms with Crippen LogP contribution in [0.15, 0.2) is 291 Å². The van der Waals surface area contributed by atoms with Gasteiger partial charge in [0.25, 0.3) is 0 Å². The average Bonchev–Trinajstić information content (AvgIpc) is 0.747. The van der Waals surface area contributed by atoms with Crippen molar-refractivity contribution in [3.63, 3.8) is 0 Å². The number of hydrogen-bond donors (Lipinski definition) is 6. The monoisotopic (exact) mass is 1350 g/mol. The van der Waals surface area contributed by atoms with Gasteiger partial charge in [-0.05, 0) is 212 Å². The molecule has 13 aromatic carbocycles. The SMILES string of the molecule is O=C(Oc1c(OC(=O)c2ccc(-c3ccc(O)cc3)cc2)c(OC(=O)c2ccc(-c3ccc(O)cc3)cc2)c(OC(=O)c2ccc(-c3ccc(O)cc3)cc2)c(OC(=O)c2ccc(-c3ccc(O)cc3)cc2)c1OC(=O)c1ccc(-c2ccc(O)cc2)cc1)c1ccc(-c2ccc(O)cc2)cc1. The Balaban J connectivity index is 1.04. The van der Waals surface area contributed by atoms with Gasteiger partial charge in [0.05, 0.1) is 33.4 Å². The molecule has 0 saturated carbocycles. The molecule has 498 valence electrons. The molecule has 6 N–H and O–H groups in total. The summed E-state index contributed by atoms with van der Waals surface area (Å²) >= 11 is 0. The molecule has 0 aliphatic rings. The highest BCUT2D eigenvalue weighted by Gasteiger charge is 2.40. The molecule has 18 nitrogen and oxygen atoms in total. The van der Waals surface area contributed by atoms with Gasteiger partial charge in [0.1, 0.15) is 34.5 Å². The van der Waals surface area contributed by atoms with Crippen molar-refractivity contribution in [2.75, 3.05) is 0 Å². The van der Waals surface area contributed by atoms with Gasteiger partial charge in [0.2, 0.25) is 34.5 Å². The summed E-state index contributed by atoms with van der Waals surface area (Å²) in [4.78, 5) is 91.4. The normalized spacial score (nSPS) is 10.8. The molecule has 0 amide bonds. The van der Waals surface area contributed by atoms with E-state index in [1.54, 1.807) is 146 Å². The van der Waals surface area contributed by atoms with Crippen LogP contribution < -0.4 is 28.4 Å². The van der Waals surface area contributed by atoms with Crippen molar-refractivity contribution >= 4 is 35.8 Å². The molecular weight excluding hydrogens is 1300 g/mol. The summed E-state index contributed by atoms with van der Waals surface area (Å²) in [7, 11) is 0. The lowest BCUT2D eigenvalue weighted by molar-refractivity contribution is 0.0598. The molecule has 18 heteroatoms. The van der Waals surface area contributed by atoms with Gasteiger partial charge >= 0.3 is 35.8 Å². The van der Waals surface area contributed by atoms with E-state index >= 15 is 28.8 Å². The van der Waals surface area contributed by atoms with Crippen LogP contribution in [0.4, 0.5) is 0 Å². The van der Waals surface area contributed by atoms with E-state index in [2.05, 4.69) is 0 Å². The number of rotatable bonds is 18. The van der Waals surface area contributed by atoms with Crippen molar-refractivity contribution in [3.8, 4) is 136 Å². The molecule has 13 aromatic rings. The Kier molecular flexibility index (Phi) is 18.8. The van der Waals surface area contributed by atoms with Gasteiger partial charge in [-0.3, -0.25) is 0 Å². The lowest BCUT2D eigenvalue weighted by Gasteiger charge is -2.23. The van der Waals surface area contributed by atoms with Gasteiger partial charge in [-0.2, -0.15) is 0 Å². The summed E-state index contributed by atoms with van der Waals surface area (Å²) in [5, 5.41) is 60.4. The van der Waals surface area contributed by atoms with Crippen molar-refractivity contribution in [2.45, 2.75) is 0 Å². The van der Waals surface area contributed by atoms with Crippen molar-refractivity contribution in [2.24, 2.45) is 0 Å². The van der Waals surface area contributed by atoms with Crippen molar-refractivity contribution in [1.29, 1.82) is 0 Å². The first kappa shape index (κ1) is 66.1. The maximum absolute atomic E-state index is 15.2. The van der Waals surface area contributed by atoms with Gasteiger partial charge in [0, 0.05) is 0 Å². The van der Waals surface area contributed by atoms with Gasteiger partial charge < -0.3 is 59.1 Å². The largest absolute Gasteiger partial charge is 0.508 e. The molecule has 0 unspecified atom stereocenters. The van der Waals surface area contributed by atoms with E-state index in [0.29, 0.717) is 66.8 Å². The minimum atomic E-state index is -1.25. The molecule has 0 atom stereocenters. The number of aromatic hydroxyl groups is 6. The maximum atomic E-state index is 15.2. The van der Waals surface area contributed by atoms with Crippen LogP contribution >= 0.6 is 0 Å². The van der Waals surface area contributed by atoms with E-state index in [4.69, 9.17) is 28.4 Å². The average molecular weight is 1350 g/mol. The zero-order valence-electron chi connectivity index (χ0n) is 53.3. The summed E-state index contributed by atoms with van der Waals surface area (Å²) in [6.45, 7) is 0. The van der Waals surface area contributed by atoms with E-state index in [1.165, 1.54) is 146 Å². The fourth-order valence-corrected chi connectivity index (χ4v) is 10.8. The highest BCUT2D eigenvalue weighted by molar-refractivity contribution is 6.02. The third kappa shape index (κ3) is 15.0. The van der Waals surface area contributed by atoms with E-state index in [1.807, 2.05) is 0 Å². The van der Waals surface area contributed by atoms with E-state index < -0.39 is 70.3 Å². The number of ether oxygens (including phenoxy) is 6. The van der Waals surface area contributed by atoms with Crippen LogP contribution in [0.1, 0.15) is 62.1 Å². The molecule has 102 heavy (non-hydrogen) atoms. The van der Waals surface area contributed by atoms with Crippen LogP contribution in [0.3, 0.4) is 0 Å². The second kappa shape index (κ2) is 29.1. The molecule has 0 heterocycles. The Morgan fingerprint density at radius 3 is 0.333 bits per heavy atom. The molecular formula is C84H54O18. The predicted octanol–water partition coefficient (Wildman–Crippen LogP) is 17.2. The lowest BCUT2D eigenvalue weighted by Crippen LogP contribution is -2.21. The number of phenolic OH excluding ortho intramolecular Hbond substituents is 6. The second-order valence-corrected chi connectivity index (χ2v) is 23.1. The van der Waals surface area contributed by atoms with E-state index in [9.17, 15) is 30.6 Å². The first-order chi connectivity index (χ1) is 49.4. The molecule has 0 radical (unpaired) electrons. The summed E-state index contributed by atoms with van der Waals surface area (Å²) in [5.41, 5.74) is 6.24. The molecule has 0 aromatic heterocycles. The van der Waals surface area contributed by atoms with Crippen LogP contribution in [0.2, 0.25) is 0 Å². The smallest absolute Gasteiger partial charge is 0.343 e. The number of phenols is 6. The molecule has 0 spiro atoms. The van der Waals surface area contributed by atoms with Crippen molar-refractivity contribution in [1.82, 2.24) is 0 Å². The zero-order valence-corrected chi connectivity index (χ0v) is 53.3. The van der Waals surface area contributed by atoms with Gasteiger partial charge in [-0.1, -0.05) is 146 Å². The fourth-order valence-electron chi connectivity index (χ4n) is 10.8. The first-order valence-electron chi connectivity index (χ1n) is 31.4. The topological polar surface area (TPSA) is 279 Å². The second-order valence-electron chi connectivity index (χ2n) is 23.1. The van der Waals surface area contributed by atoms with Gasteiger partial charge in [-0.15, -0.1) is 0 Å². The minimum Gasteiger partial charge on any atom is -0.508 e. The summed E-state index contributed by atoms with van der Waals surface area (Å²) in [6, 6.07) is 72.7. The lowest BCUT2D eigenvalue weighted by atomic mass is 10.0. The number of esters is 6. The predicted molar refractivity (Wildman–Crippen MR) is 377 cm³/mol. The molecule has 0 fully saturated rings. The van der Waals surface area contributed by atoms with Crippen LogP contribution in [0, 0.1) is 0 Å². The summed E-state index contributed by atoms with van der Waals surface area (Å²) in [6.07, 6.45) is 0. The number of benzene rings is 13. The van der Waals surface area contributed by atoms with Gasteiger partial charge in [-0.25, -0.2) is 28.8 Å². The Morgan fingerprint density at radius 2 is 0.235 bits per heavy atom. The highest BCUT2D eigenvalue weighted by atomic mass is 16.6. The summed E-state index contributed by atoms with van der Waals surface area (Å²) in [5.74, 6) is -13.8. The Morgan fingerprint density at radius 1 is 0.147 bits per heavy atom. The van der Waals surface area contributed by atoms with Crippen LogP contribution in [0.5, 0.6) is 69.0 Å². The van der Waals surface area contributed by atoms with Crippen LogP contribution in [0.25, 0.3) is 66.8 Å². The third-order valence-corrected chi connectivity index (χ3v) is 16.3. The van der Waals surface area contributed by atoms with Gasteiger partial charge in [0.15, 0.2) is 0 Å². The van der Waals surface area contributed by atoms with Crippen LogP contribution in [-0.4, -0.2) is 66.5 Å². The highest BCUT2D eigenvalue weighted by Crippen LogP contribution is 2.59. The van der Waals surface area contributed by atoms with E-state index in [-0.39, 0.29) is 67.9 Å². The van der Waals surface area contributed by atoms with Crippen molar-refractivity contribution in [3.05, 3.63) is 325 Å². The zero-order chi connectivity index (χ0) is 71.0. The minimum absolute atomic E-state index is 0.00713. The summed E-state index contributed by atoms with van der Waals surface area (Å²) < 4.78 is 38.0. The van der Waals surface area contributed by atoms with E-state index in [0.717, 1.165) is 0 Å². The quantitative estimate of drug-likeness (QED) is 0.0344. The molecule has 0 aliphatic heterocycles. The standard InChI is InChI=1S/C84H54O18/c85-67-37-25-55(26-38-67)49-1-13-61(14-2-49)79(91)97-73-74(98-80(92)62-15-3-50(4-16-62)56-27-39-68(86)40-28-56)76(100-82(94)64-19-7-52(8-20-64)58-31-43-70(88)44-32-58)78(102-84(96)66-23-11-54(12-24-66)60-35-47-72(90)48-36-60)77(101-83(95)65-21-9-53(10-22-65)59-33-45-71(89)46-34-59)75(73)99-81(93)63-17-5-51(6-18-63)57-29-41-69(87)42-30-57/h1-48,85-90H. The molecule has 13 rings (SSSR count). The number of carbonyl (C=O) groups is 6. The molecule has 0 saturated heterocycles. The first-order valence-corrected chi connectivity index (χ1v) is 31.4. The molecule has 0 bridgehead atoms. The fraction of sp³-hybridized carbons (Fsp3) is 0. The van der Waals surface area contributed by atoms with Crippen LogP contribution in [-0.2, 0) is 0 Å². The van der Waals surface area contributed by atoms with Crippen molar-refractivity contribution < 1.29 is 87.8 Å². The Hall–Kier alpha value is -14.5. The Bertz CT molecular complexity index is 4390. The Labute approximate surface area is 581 Å². The molecule has 0 aliphatic carbocycles.